The highest BCUT2D eigenvalue weighted by atomic mass is 14.7. The molecule has 0 aromatic rings. The fraction of sp³-hybridized carbons (Fsp3) is 0.800. The van der Waals surface area contributed by atoms with Crippen LogP contribution in [0.5, 0.6) is 0 Å². The lowest BCUT2D eigenvalue weighted by atomic mass is 9.67. The Morgan fingerprint density at radius 3 is 2.60 bits per heavy atom. The van der Waals surface area contributed by atoms with E-state index in [1.165, 1.54) is 19.3 Å². The maximum Gasteiger partial charge on any atom is -0.00428 e. The molecule has 0 aromatic carbocycles. The van der Waals surface area contributed by atoms with E-state index in [4.69, 9.17) is 0 Å². The highest BCUT2D eigenvalue weighted by Gasteiger charge is 2.61. The molecule has 0 heterocycles. The van der Waals surface area contributed by atoms with Gasteiger partial charge in [-0.3, -0.25) is 0 Å². The van der Waals surface area contributed by atoms with Crippen LogP contribution in [0.2, 0.25) is 0 Å². The van der Waals surface area contributed by atoms with Crippen molar-refractivity contribution < 1.29 is 0 Å². The standard InChI is InChI=1S/C20H30/c1-11-6-14-7-12(2)9-16-18(15(14)8-11)13(3)10-17-19(16)20(17,4)5/h9-11,13-16,18-19H,6-8H2,1-5H3/t11?,13-,14?,15-,16-,18?,19+/m1/s1. The largest absolute Gasteiger partial charge is 0.0815 e. The van der Waals surface area contributed by atoms with Crippen molar-refractivity contribution in [2.24, 2.45) is 46.8 Å². The summed E-state index contributed by atoms with van der Waals surface area (Å²) in [4.78, 5) is 0. The first kappa shape index (κ1) is 13.2. The van der Waals surface area contributed by atoms with E-state index >= 15 is 0 Å². The minimum absolute atomic E-state index is 0.495. The van der Waals surface area contributed by atoms with Gasteiger partial charge in [-0.2, -0.15) is 0 Å². The Hall–Kier alpha value is -0.520. The van der Waals surface area contributed by atoms with E-state index in [0.717, 1.165) is 41.4 Å². The second-order valence-electron chi connectivity index (χ2n) is 9.05. The predicted molar refractivity (Wildman–Crippen MR) is 85.3 cm³/mol. The summed E-state index contributed by atoms with van der Waals surface area (Å²) < 4.78 is 0. The minimum Gasteiger partial charge on any atom is -0.0815 e. The van der Waals surface area contributed by atoms with Crippen LogP contribution in [-0.4, -0.2) is 0 Å². The molecule has 0 aromatic heterocycles. The van der Waals surface area contributed by atoms with Crippen LogP contribution >= 0.6 is 0 Å². The SMILES string of the molecule is CC1=C[C@@H]2C([C@@H]3CC(C)CC3C1)[C@H](C)C=C1[C@H]2C1(C)C. The molecule has 4 aliphatic rings. The van der Waals surface area contributed by atoms with E-state index in [2.05, 4.69) is 46.8 Å². The average molecular weight is 270 g/mol. The maximum absolute atomic E-state index is 2.70. The van der Waals surface area contributed by atoms with Gasteiger partial charge in [0.25, 0.3) is 0 Å². The number of allylic oxidation sites excluding steroid dienone is 4. The van der Waals surface area contributed by atoms with Gasteiger partial charge in [0.15, 0.2) is 0 Å². The number of hydrogen-bond donors (Lipinski definition) is 0. The molecule has 0 radical (unpaired) electrons. The first-order chi connectivity index (χ1) is 9.39. The lowest BCUT2D eigenvalue weighted by molar-refractivity contribution is 0.150. The molecule has 0 aliphatic heterocycles. The van der Waals surface area contributed by atoms with Gasteiger partial charge in [0, 0.05) is 0 Å². The Kier molecular flexibility index (Phi) is 2.65. The van der Waals surface area contributed by atoms with E-state index in [-0.39, 0.29) is 0 Å². The normalized spacial score (nSPS) is 52.1. The monoisotopic (exact) mass is 270 g/mol. The zero-order chi connectivity index (χ0) is 14.2. The average Bonchev–Trinajstić information content (AvgIpc) is 2.73. The molecule has 0 saturated heterocycles. The smallest absolute Gasteiger partial charge is 0.00428 e. The van der Waals surface area contributed by atoms with Crippen molar-refractivity contribution in [1.82, 2.24) is 0 Å². The molecule has 0 N–H and O–H groups in total. The zero-order valence-electron chi connectivity index (χ0n) is 13.8. The highest BCUT2D eigenvalue weighted by Crippen LogP contribution is 2.69. The molecule has 0 bridgehead atoms. The summed E-state index contributed by atoms with van der Waals surface area (Å²) in [5.41, 5.74) is 3.96. The van der Waals surface area contributed by atoms with Gasteiger partial charge in [0.1, 0.15) is 0 Å². The Labute approximate surface area is 124 Å². The summed E-state index contributed by atoms with van der Waals surface area (Å²) in [6.45, 7) is 12.3. The lowest BCUT2D eigenvalue weighted by Crippen LogP contribution is -2.32. The van der Waals surface area contributed by atoms with Gasteiger partial charge in [0.05, 0.1) is 0 Å². The van der Waals surface area contributed by atoms with Gasteiger partial charge >= 0.3 is 0 Å². The summed E-state index contributed by atoms with van der Waals surface area (Å²) in [6.07, 6.45) is 9.73. The van der Waals surface area contributed by atoms with Crippen LogP contribution < -0.4 is 0 Å². The Bertz CT molecular complexity index is 492. The molecule has 7 atom stereocenters. The van der Waals surface area contributed by atoms with Gasteiger partial charge in [-0.15, -0.1) is 0 Å². The summed E-state index contributed by atoms with van der Waals surface area (Å²) in [7, 11) is 0. The van der Waals surface area contributed by atoms with Crippen LogP contribution in [0, 0.1) is 46.8 Å². The molecule has 2 saturated carbocycles. The third kappa shape index (κ3) is 1.66. The quantitative estimate of drug-likeness (QED) is 0.512. The molecule has 0 spiro atoms. The van der Waals surface area contributed by atoms with Gasteiger partial charge in [0.2, 0.25) is 0 Å². The molecule has 0 nitrogen and oxygen atoms in total. The topological polar surface area (TPSA) is 0 Å². The van der Waals surface area contributed by atoms with E-state index in [1.54, 1.807) is 11.1 Å². The van der Waals surface area contributed by atoms with Crippen molar-refractivity contribution >= 4 is 0 Å². The van der Waals surface area contributed by atoms with Crippen LogP contribution in [-0.2, 0) is 0 Å². The second-order valence-corrected chi connectivity index (χ2v) is 9.05. The van der Waals surface area contributed by atoms with Crippen molar-refractivity contribution in [1.29, 1.82) is 0 Å². The maximum atomic E-state index is 2.70. The molecular formula is C20H30. The molecule has 2 fully saturated rings. The molecule has 0 heteroatoms. The first-order valence-corrected chi connectivity index (χ1v) is 8.79. The second kappa shape index (κ2) is 4.02. The van der Waals surface area contributed by atoms with Crippen LogP contribution in [0.15, 0.2) is 23.3 Å². The summed E-state index contributed by atoms with van der Waals surface area (Å²) in [5, 5.41) is 0. The van der Waals surface area contributed by atoms with Crippen molar-refractivity contribution in [2.75, 3.05) is 0 Å². The summed E-state index contributed by atoms with van der Waals surface area (Å²) >= 11 is 0. The third-order valence-electron chi connectivity index (χ3n) is 7.19. The molecular weight excluding hydrogens is 240 g/mol. The molecule has 4 rings (SSSR count). The lowest BCUT2D eigenvalue weighted by Gasteiger charge is -2.37. The molecule has 3 unspecified atom stereocenters. The minimum atomic E-state index is 0.495. The summed E-state index contributed by atoms with van der Waals surface area (Å²) in [5.74, 6) is 6.38. The number of fused-ring (bicyclic) bond motifs is 5. The van der Waals surface area contributed by atoms with Gasteiger partial charge in [-0.1, -0.05) is 51.0 Å². The van der Waals surface area contributed by atoms with Crippen molar-refractivity contribution in [3.63, 3.8) is 0 Å². The van der Waals surface area contributed by atoms with Crippen LogP contribution in [0.25, 0.3) is 0 Å². The molecule has 4 aliphatic carbocycles. The highest BCUT2D eigenvalue weighted by molar-refractivity contribution is 5.42. The van der Waals surface area contributed by atoms with Crippen molar-refractivity contribution in [3.05, 3.63) is 23.3 Å². The van der Waals surface area contributed by atoms with Crippen LogP contribution in [0.1, 0.15) is 53.9 Å². The Morgan fingerprint density at radius 2 is 1.85 bits per heavy atom. The van der Waals surface area contributed by atoms with Gasteiger partial charge in [-0.05, 0) is 73.0 Å². The molecule has 110 valence electrons. The van der Waals surface area contributed by atoms with Crippen LogP contribution in [0.3, 0.4) is 0 Å². The number of hydrogen-bond acceptors (Lipinski definition) is 0. The summed E-state index contributed by atoms with van der Waals surface area (Å²) in [6, 6.07) is 0. The molecule has 0 amide bonds. The van der Waals surface area contributed by atoms with E-state index in [9.17, 15) is 0 Å². The first-order valence-electron chi connectivity index (χ1n) is 8.79. The van der Waals surface area contributed by atoms with Gasteiger partial charge in [-0.25, -0.2) is 0 Å². The fourth-order valence-corrected chi connectivity index (χ4v) is 6.43. The fourth-order valence-electron chi connectivity index (χ4n) is 6.43. The third-order valence-corrected chi connectivity index (χ3v) is 7.19. The Morgan fingerprint density at radius 1 is 1.10 bits per heavy atom. The predicted octanol–water partition coefficient (Wildman–Crippen LogP) is 5.46. The van der Waals surface area contributed by atoms with Crippen LogP contribution in [0.4, 0.5) is 0 Å². The number of rotatable bonds is 0. The van der Waals surface area contributed by atoms with E-state index in [0.29, 0.717) is 5.41 Å². The van der Waals surface area contributed by atoms with Gasteiger partial charge < -0.3 is 0 Å². The Balaban J connectivity index is 1.76. The van der Waals surface area contributed by atoms with Crippen molar-refractivity contribution in [2.45, 2.75) is 53.9 Å². The van der Waals surface area contributed by atoms with Crippen molar-refractivity contribution in [3.8, 4) is 0 Å². The van der Waals surface area contributed by atoms with E-state index in [1.807, 2.05) is 0 Å². The molecule has 20 heavy (non-hydrogen) atoms. The zero-order valence-corrected chi connectivity index (χ0v) is 13.8. The van der Waals surface area contributed by atoms with E-state index < -0.39 is 0 Å².